The molecule has 1 amide bonds. The Morgan fingerprint density at radius 3 is 2.96 bits per heavy atom. The van der Waals surface area contributed by atoms with Crippen LogP contribution in [-0.2, 0) is 17.9 Å². The van der Waals surface area contributed by atoms with Crippen molar-refractivity contribution in [2.75, 3.05) is 13.1 Å². The number of aromatic nitrogens is 5. The van der Waals surface area contributed by atoms with Gasteiger partial charge in [-0.2, -0.15) is 5.10 Å². The molecule has 3 aromatic rings. The van der Waals surface area contributed by atoms with E-state index in [0.29, 0.717) is 13.1 Å². The molecule has 0 saturated carbocycles. The molecule has 0 aromatic carbocycles. The lowest BCUT2D eigenvalue weighted by atomic mass is 9.97. The average Bonchev–Trinajstić information content (AvgIpc) is 3.31. The molecule has 4 rings (SSSR count). The Balaban J connectivity index is 1.44. The molecular weight excluding hydrogens is 340 g/mol. The van der Waals surface area contributed by atoms with E-state index in [2.05, 4.69) is 25.7 Å². The molecule has 1 saturated heterocycles. The summed E-state index contributed by atoms with van der Waals surface area (Å²) >= 11 is 0. The summed E-state index contributed by atoms with van der Waals surface area (Å²) in [5, 5.41) is 4.32. The maximum absolute atomic E-state index is 12.7. The third kappa shape index (κ3) is 4.07. The van der Waals surface area contributed by atoms with Gasteiger partial charge in [-0.1, -0.05) is 6.07 Å². The number of pyridine rings is 1. The van der Waals surface area contributed by atoms with Gasteiger partial charge >= 0.3 is 0 Å². The Morgan fingerprint density at radius 1 is 1.26 bits per heavy atom. The Kier molecular flexibility index (Phi) is 5.00. The molecule has 1 fully saturated rings. The van der Waals surface area contributed by atoms with Gasteiger partial charge < -0.3 is 9.47 Å². The van der Waals surface area contributed by atoms with Gasteiger partial charge in [-0.15, -0.1) is 0 Å². The third-order valence-electron chi connectivity index (χ3n) is 5.03. The minimum absolute atomic E-state index is 0.119. The van der Waals surface area contributed by atoms with Gasteiger partial charge in [-0.3, -0.25) is 14.5 Å². The van der Waals surface area contributed by atoms with Crippen LogP contribution < -0.4 is 0 Å². The fourth-order valence-corrected chi connectivity index (χ4v) is 3.71. The average molecular weight is 364 g/mol. The predicted molar refractivity (Wildman–Crippen MR) is 101 cm³/mol. The molecule has 0 N–H and O–H groups in total. The fraction of sp³-hybridized carbons (Fsp3) is 0.400. The van der Waals surface area contributed by atoms with Gasteiger partial charge in [0.2, 0.25) is 5.91 Å². The summed E-state index contributed by atoms with van der Waals surface area (Å²) in [5.41, 5.74) is 2.08. The van der Waals surface area contributed by atoms with Crippen molar-refractivity contribution in [3.8, 4) is 0 Å². The number of likely N-dealkylation sites (tertiary alicyclic amines) is 1. The number of hydrogen-bond donors (Lipinski definition) is 0. The Bertz CT molecular complexity index is 900. The van der Waals surface area contributed by atoms with Crippen LogP contribution in [0.1, 0.15) is 35.8 Å². The lowest BCUT2D eigenvalue weighted by Gasteiger charge is -2.32. The van der Waals surface area contributed by atoms with Crippen molar-refractivity contribution < 1.29 is 4.79 Å². The van der Waals surface area contributed by atoms with Crippen LogP contribution in [0.4, 0.5) is 0 Å². The van der Waals surface area contributed by atoms with Gasteiger partial charge in [0, 0.05) is 50.0 Å². The molecule has 1 aliphatic heterocycles. The van der Waals surface area contributed by atoms with Crippen LogP contribution in [-0.4, -0.2) is 48.2 Å². The molecule has 0 radical (unpaired) electrons. The number of rotatable bonds is 5. The maximum atomic E-state index is 12.7. The van der Waals surface area contributed by atoms with Crippen LogP contribution in [0.15, 0.2) is 49.2 Å². The van der Waals surface area contributed by atoms with Crippen LogP contribution in [0, 0.1) is 6.92 Å². The first-order chi connectivity index (χ1) is 13.2. The summed E-state index contributed by atoms with van der Waals surface area (Å²) in [7, 11) is 0. The molecular formula is C20H24N6O. The van der Waals surface area contributed by atoms with Crippen molar-refractivity contribution >= 4 is 5.91 Å². The number of amides is 1. The number of imidazole rings is 1. The molecule has 7 nitrogen and oxygen atoms in total. The normalized spacial score (nSPS) is 17.2. The van der Waals surface area contributed by atoms with Crippen molar-refractivity contribution in [2.45, 2.75) is 38.8 Å². The number of hydrogen-bond acceptors (Lipinski definition) is 4. The molecule has 0 unspecified atom stereocenters. The molecule has 1 aliphatic rings. The second kappa shape index (κ2) is 7.73. The molecule has 7 heteroatoms. The monoisotopic (exact) mass is 364 g/mol. The predicted octanol–water partition coefficient (Wildman–Crippen LogP) is 2.24. The molecule has 140 valence electrons. The van der Waals surface area contributed by atoms with E-state index < -0.39 is 0 Å². The quantitative estimate of drug-likeness (QED) is 0.696. The number of nitrogens with zero attached hydrogens (tertiary/aromatic N) is 6. The smallest absolute Gasteiger partial charge is 0.244 e. The van der Waals surface area contributed by atoms with Crippen LogP contribution in [0.3, 0.4) is 0 Å². The minimum Gasteiger partial charge on any atom is -0.340 e. The number of carbonyl (C=O) groups is 1. The summed E-state index contributed by atoms with van der Waals surface area (Å²) in [6.07, 6.45) is 11.4. The third-order valence-corrected chi connectivity index (χ3v) is 5.03. The molecule has 0 spiro atoms. The van der Waals surface area contributed by atoms with E-state index in [0.717, 1.165) is 43.0 Å². The molecule has 0 bridgehead atoms. The fourth-order valence-electron chi connectivity index (χ4n) is 3.71. The standard InChI is InChI=1S/C20H24N6O/c1-16-6-10-26(23-16)15-19(27)24-9-3-5-18(14-24)20-22-8-11-25(20)13-17-4-2-7-21-12-17/h2,4,6-8,10-12,18H,3,5,9,13-15H2,1H3/t18-/m0/s1. The van der Waals surface area contributed by atoms with Gasteiger partial charge in [-0.25, -0.2) is 4.98 Å². The summed E-state index contributed by atoms with van der Waals surface area (Å²) in [6, 6.07) is 5.94. The highest BCUT2D eigenvalue weighted by Crippen LogP contribution is 2.26. The van der Waals surface area contributed by atoms with E-state index in [1.807, 2.05) is 48.7 Å². The van der Waals surface area contributed by atoms with Crippen LogP contribution in [0.25, 0.3) is 0 Å². The first kappa shape index (κ1) is 17.5. The molecule has 27 heavy (non-hydrogen) atoms. The highest BCUT2D eigenvalue weighted by Gasteiger charge is 2.27. The molecule has 3 aromatic heterocycles. The zero-order valence-electron chi connectivity index (χ0n) is 15.5. The summed E-state index contributed by atoms with van der Waals surface area (Å²) in [6.45, 7) is 4.49. The summed E-state index contributed by atoms with van der Waals surface area (Å²) < 4.78 is 3.89. The van der Waals surface area contributed by atoms with Crippen molar-refractivity contribution in [3.05, 3.63) is 66.3 Å². The lowest BCUT2D eigenvalue weighted by molar-refractivity contribution is -0.133. The topological polar surface area (TPSA) is 68.8 Å². The van der Waals surface area contributed by atoms with Gasteiger partial charge in [0.05, 0.1) is 12.2 Å². The van der Waals surface area contributed by atoms with Crippen LogP contribution >= 0.6 is 0 Å². The van der Waals surface area contributed by atoms with E-state index in [4.69, 9.17) is 0 Å². The van der Waals surface area contributed by atoms with Crippen LogP contribution in [0.2, 0.25) is 0 Å². The zero-order valence-corrected chi connectivity index (χ0v) is 15.5. The lowest BCUT2D eigenvalue weighted by Crippen LogP contribution is -2.41. The van der Waals surface area contributed by atoms with Crippen molar-refractivity contribution in [2.24, 2.45) is 0 Å². The van der Waals surface area contributed by atoms with E-state index in [1.165, 1.54) is 0 Å². The van der Waals surface area contributed by atoms with Crippen molar-refractivity contribution in [1.29, 1.82) is 0 Å². The van der Waals surface area contributed by atoms with E-state index in [9.17, 15) is 4.79 Å². The van der Waals surface area contributed by atoms with Gasteiger partial charge in [0.15, 0.2) is 0 Å². The first-order valence-corrected chi connectivity index (χ1v) is 9.37. The second-order valence-electron chi connectivity index (χ2n) is 7.11. The molecule has 1 atom stereocenters. The zero-order chi connectivity index (χ0) is 18.6. The number of piperidine rings is 1. The van der Waals surface area contributed by atoms with E-state index in [1.54, 1.807) is 10.9 Å². The van der Waals surface area contributed by atoms with E-state index >= 15 is 0 Å². The molecule has 0 aliphatic carbocycles. The van der Waals surface area contributed by atoms with E-state index in [-0.39, 0.29) is 11.8 Å². The Hall–Kier alpha value is -2.96. The molecule has 4 heterocycles. The maximum Gasteiger partial charge on any atom is 0.244 e. The Labute approximate surface area is 158 Å². The number of aryl methyl sites for hydroxylation is 1. The highest BCUT2D eigenvalue weighted by molar-refractivity contribution is 5.76. The second-order valence-corrected chi connectivity index (χ2v) is 7.11. The van der Waals surface area contributed by atoms with Gasteiger partial charge in [0.1, 0.15) is 12.4 Å². The van der Waals surface area contributed by atoms with Crippen molar-refractivity contribution in [3.63, 3.8) is 0 Å². The van der Waals surface area contributed by atoms with Gasteiger partial charge in [-0.05, 0) is 37.5 Å². The SMILES string of the molecule is Cc1ccn(CC(=O)N2CCC[C@H](c3nccn3Cc3cccnc3)C2)n1. The minimum atomic E-state index is 0.119. The van der Waals surface area contributed by atoms with Gasteiger partial charge in [0.25, 0.3) is 0 Å². The number of carbonyl (C=O) groups excluding carboxylic acids is 1. The van der Waals surface area contributed by atoms with Crippen molar-refractivity contribution in [1.82, 2.24) is 29.2 Å². The largest absolute Gasteiger partial charge is 0.340 e. The summed E-state index contributed by atoms with van der Waals surface area (Å²) in [4.78, 5) is 23.4. The summed E-state index contributed by atoms with van der Waals surface area (Å²) in [5.74, 6) is 1.42. The highest BCUT2D eigenvalue weighted by atomic mass is 16.2. The van der Waals surface area contributed by atoms with Crippen LogP contribution in [0.5, 0.6) is 0 Å². The first-order valence-electron chi connectivity index (χ1n) is 9.37. The Morgan fingerprint density at radius 2 is 2.19 bits per heavy atom.